The van der Waals surface area contributed by atoms with E-state index in [1.165, 1.54) is 6.08 Å². The zero-order valence-electron chi connectivity index (χ0n) is 11.7. The average Bonchev–Trinajstić information content (AvgIpc) is 2.34. The summed E-state index contributed by atoms with van der Waals surface area (Å²) in [5.41, 5.74) is 0.194. The van der Waals surface area contributed by atoms with Gasteiger partial charge in [0.25, 0.3) is 0 Å². The van der Waals surface area contributed by atoms with Crippen LogP contribution in [0.25, 0.3) is 6.08 Å². The molecule has 108 valence electrons. The molecule has 0 heterocycles. The number of rotatable bonds is 5. The third kappa shape index (κ3) is 5.89. The van der Waals surface area contributed by atoms with E-state index in [1.807, 2.05) is 0 Å². The Kier molecular flexibility index (Phi) is 5.77. The maximum Gasteiger partial charge on any atom is 0.344 e. The van der Waals surface area contributed by atoms with Crippen molar-refractivity contribution in [1.29, 1.82) is 0 Å². The molecule has 0 N–H and O–H groups in total. The molecule has 0 aliphatic heterocycles. The fourth-order valence-electron chi connectivity index (χ4n) is 1.39. The monoisotopic (exact) mass is 296 g/mol. The summed E-state index contributed by atoms with van der Waals surface area (Å²) in [6.07, 6.45) is 3.65. The second-order valence-electron chi connectivity index (χ2n) is 5.06. The lowest BCUT2D eigenvalue weighted by Crippen LogP contribution is -2.27. The van der Waals surface area contributed by atoms with Crippen molar-refractivity contribution >= 4 is 29.9 Å². The van der Waals surface area contributed by atoms with E-state index in [1.54, 1.807) is 45.0 Å². The van der Waals surface area contributed by atoms with E-state index >= 15 is 0 Å². The number of carbonyl (C=O) groups is 2. The Morgan fingerprint density at radius 2 is 2.05 bits per heavy atom. The molecule has 1 rings (SSSR count). The molecule has 0 aromatic heterocycles. The molecule has 1 aromatic rings. The molecular formula is C15H17ClO4. The smallest absolute Gasteiger partial charge is 0.344 e. The molecule has 0 unspecified atom stereocenters. The highest BCUT2D eigenvalue weighted by Crippen LogP contribution is 2.26. The van der Waals surface area contributed by atoms with Gasteiger partial charge >= 0.3 is 5.97 Å². The Morgan fingerprint density at radius 3 is 2.65 bits per heavy atom. The average molecular weight is 297 g/mol. The minimum absolute atomic E-state index is 0.224. The highest BCUT2D eigenvalue weighted by atomic mass is 35.5. The molecule has 1 aromatic carbocycles. The summed E-state index contributed by atoms with van der Waals surface area (Å²) in [5, 5.41) is 0.386. The van der Waals surface area contributed by atoms with Crippen LogP contribution in [0.1, 0.15) is 26.3 Å². The molecule has 20 heavy (non-hydrogen) atoms. The zero-order chi connectivity index (χ0) is 15.2. The standard InChI is InChI=1S/C15H17ClO4/c1-15(2,3)20-14(18)10-19-13-9-11(5-4-8-17)6-7-12(13)16/h4-9H,10H2,1-3H3/b5-4+. The Balaban J connectivity index is 2.69. The maximum absolute atomic E-state index is 11.5. The van der Waals surface area contributed by atoms with Gasteiger partial charge in [0.05, 0.1) is 5.02 Å². The minimum Gasteiger partial charge on any atom is -0.480 e. The number of hydrogen-bond donors (Lipinski definition) is 0. The summed E-state index contributed by atoms with van der Waals surface area (Å²) in [4.78, 5) is 21.8. The molecule has 0 amide bonds. The molecule has 0 bridgehead atoms. The van der Waals surface area contributed by atoms with Crippen LogP contribution in [0.4, 0.5) is 0 Å². The van der Waals surface area contributed by atoms with Crippen molar-refractivity contribution in [3.63, 3.8) is 0 Å². The van der Waals surface area contributed by atoms with Gasteiger partial charge in [-0.15, -0.1) is 0 Å². The van der Waals surface area contributed by atoms with E-state index in [4.69, 9.17) is 21.1 Å². The number of esters is 1. The number of aldehydes is 1. The molecule has 0 aliphatic carbocycles. The Hall–Kier alpha value is -1.81. The molecule has 4 nitrogen and oxygen atoms in total. The third-order valence-corrected chi connectivity index (χ3v) is 2.40. The second-order valence-corrected chi connectivity index (χ2v) is 5.47. The van der Waals surface area contributed by atoms with Crippen molar-refractivity contribution in [1.82, 2.24) is 0 Å². The van der Waals surface area contributed by atoms with E-state index in [-0.39, 0.29) is 6.61 Å². The van der Waals surface area contributed by atoms with Crippen LogP contribution in [0.2, 0.25) is 5.02 Å². The Bertz CT molecular complexity index is 515. The predicted molar refractivity (Wildman–Crippen MR) is 77.9 cm³/mol. The molecule has 0 atom stereocenters. The zero-order valence-corrected chi connectivity index (χ0v) is 12.4. The molecule has 0 spiro atoms. The van der Waals surface area contributed by atoms with Crippen LogP contribution in [0.15, 0.2) is 24.3 Å². The number of allylic oxidation sites excluding steroid dienone is 1. The van der Waals surface area contributed by atoms with Gasteiger partial charge in [0.1, 0.15) is 17.6 Å². The van der Waals surface area contributed by atoms with E-state index in [9.17, 15) is 9.59 Å². The van der Waals surface area contributed by atoms with E-state index < -0.39 is 11.6 Å². The van der Waals surface area contributed by atoms with Crippen molar-refractivity contribution in [3.8, 4) is 5.75 Å². The van der Waals surface area contributed by atoms with Crippen LogP contribution in [0.3, 0.4) is 0 Å². The Morgan fingerprint density at radius 1 is 1.35 bits per heavy atom. The summed E-state index contributed by atoms with van der Waals surface area (Å²) < 4.78 is 10.5. The van der Waals surface area contributed by atoms with Crippen LogP contribution < -0.4 is 4.74 Å². The van der Waals surface area contributed by atoms with Gasteiger partial charge in [-0.1, -0.05) is 23.7 Å². The fourth-order valence-corrected chi connectivity index (χ4v) is 1.56. The first-order chi connectivity index (χ1) is 9.31. The summed E-state index contributed by atoms with van der Waals surface area (Å²) in [6, 6.07) is 5.02. The number of ether oxygens (including phenoxy) is 2. The van der Waals surface area contributed by atoms with Gasteiger partial charge in [0.2, 0.25) is 0 Å². The quantitative estimate of drug-likeness (QED) is 0.475. The molecule has 0 aliphatic rings. The molecule has 0 radical (unpaired) electrons. The van der Waals surface area contributed by atoms with E-state index in [2.05, 4.69) is 0 Å². The van der Waals surface area contributed by atoms with Crippen LogP contribution in [-0.4, -0.2) is 24.5 Å². The topological polar surface area (TPSA) is 52.6 Å². The van der Waals surface area contributed by atoms with Crippen LogP contribution in [0.5, 0.6) is 5.75 Å². The van der Waals surface area contributed by atoms with Gasteiger partial charge in [-0.2, -0.15) is 0 Å². The number of benzene rings is 1. The highest BCUT2D eigenvalue weighted by Gasteiger charge is 2.17. The first-order valence-corrected chi connectivity index (χ1v) is 6.45. The van der Waals surface area contributed by atoms with E-state index in [0.29, 0.717) is 17.1 Å². The van der Waals surface area contributed by atoms with Crippen molar-refractivity contribution in [3.05, 3.63) is 34.9 Å². The van der Waals surface area contributed by atoms with Gasteiger partial charge in [-0.3, -0.25) is 4.79 Å². The van der Waals surface area contributed by atoms with Crippen LogP contribution >= 0.6 is 11.6 Å². The predicted octanol–water partition coefficient (Wildman–Crippen LogP) is 3.27. The molecule has 0 saturated carbocycles. The fraction of sp³-hybridized carbons (Fsp3) is 0.333. The highest BCUT2D eigenvalue weighted by molar-refractivity contribution is 6.32. The summed E-state index contributed by atoms with van der Waals surface area (Å²) >= 11 is 5.98. The van der Waals surface area contributed by atoms with Crippen molar-refractivity contribution < 1.29 is 19.1 Å². The minimum atomic E-state index is -0.557. The molecule has 0 fully saturated rings. The Labute approximate surface area is 123 Å². The molecular weight excluding hydrogens is 280 g/mol. The lowest BCUT2D eigenvalue weighted by molar-refractivity contribution is -0.157. The number of halogens is 1. The molecule has 0 saturated heterocycles. The summed E-state index contributed by atoms with van der Waals surface area (Å²) in [5.74, 6) is -0.104. The van der Waals surface area contributed by atoms with Crippen molar-refractivity contribution in [2.24, 2.45) is 0 Å². The SMILES string of the molecule is CC(C)(C)OC(=O)COc1cc(/C=C/C=O)ccc1Cl. The first kappa shape index (κ1) is 16.2. The van der Waals surface area contributed by atoms with Gasteiger partial charge in [-0.05, 0) is 44.5 Å². The molecule has 5 heteroatoms. The summed E-state index contributed by atoms with van der Waals surface area (Å²) in [6.45, 7) is 5.12. The largest absolute Gasteiger partial charge is 0.480 e. The van der Waals surface area contributed by atoms with Gasteiger partial charge in [0.15, 0.2) is 6.61 Å². The number of carbonyl (C=O) groups excluding carboxylic acids is 2. The van der Waals surface area contributed by atoms with Crippen LogP contribution in [-0.2, 0) is 14.3 Å². The van der Waals surface area contributed by atoms with Crippen molar-refractivity contribution in [2.75, 3.05) is 6.61 Å². The maximum atomic E-state index is 11.5. The van der Waals surface area contributed by atoms with Crippen molar-refractivity contribution in [2.45, 2.75) is 26.4 Å². The van der Waals surface area contributed by atoms with Gasteiger partial charge in [-0.25, -0.2) is 4.79 Å². The van der Waals surface area contributed by atoms with Crippen LogP contribution in [0, 0.1) is 0 Å². The third-order valence-electron chi connectivity index (χ3n) is 2.09. The van der Waals surface area contributed by atoms with Gasteiger partial charge < -0.3 is 9.47 Å². The van der Waals surface area contributed by atoms with Gasteiger partial charge in [0, 0.05) is 0 Å². The lowest BCUT2D eigenvalue weighted by atomic mass is 10.2. The normalized spacial score (nSPS) is 11.4. The van der Waals surface area contributed by atoms with E-state index in [0.717, 1.165) is 5.56 Å². The number of hydrogen-bond acceptors (Lipinski definition) is 4. The first-order valence-electron chi connectivity index (χ1n) is 6.08. The lowest BCUT2D eigenvalue weighted by Gasteiger charge is -2.19. The second kappa shape index (κ2) is 7.10. The summed E-state index contributed by atoms with van der Waals surface area (Å²) in [7, 11) is 0.